The molecule has 1 atom stereocenters. The summed E-state index contributed by atoms with van der Waals surface area (Å²) in [6.07, 6.45) is -1.02. The van der Waals surface area contributed by atoms with Crippen LogP contribution in [-0.4, -0.2) is 23.0 Å². The molecule has 1 N–H and O–H groups in total. The lowest BCUT2D eigenvalue weighted by Crippen LogP contribution is -2.29. The number of aryl methyl sites for hydroxylation is 1. The molecule has 0 bridgehead atoms. The van der Waals surface area contributed by atoms with Gasteiger partial charge in [-0.2, -0.15) is 0 Å². The van der Waals surface area contributed by atoms with Gasteiger partial charge < -0.3 is 4.74 Å². The van der Waals surface area contributed by atoms with E-state index in [-0.39, 0.29) is 5.13 Å². The number of halogens is 2. The molecule has 0 spiro atoms. The Morgan fingerprint density at radius 2 is 1.96 bits per heavy atom. The molecular weight excluding hydrogens is 394 g/mol. The Kier molecular flexibility index (Phi) is 5.62. The Morgan fingerprint density at radius 1 is 1.19 bits per heavy atom. The first-order chi connectivity index (χ1) is 12.8. The summed E-state index contributed by atoms with van der Waals surface area (Å²) in [7, 11) is 0. The first kappa shape index (κ1) is 19.1. The third-order valence-electron chi connectivity index (χ3n) is 3.65. The zero-order valence-electron chi connectivity index (χ0n) is 14.3. The highest BCUT2D eigenvalue weighted by molar-refractivity contribution is 7.14. The summed E-state index contributed by atoms with van der Waals surface area (Å²) in [6, 6.07) is 5.23. The molecule has 140 valence electrons. The van der Waals surface area contributed by atoms with E-state index in [1.807, 2.05) is 0 Å². The topological polar surface area (TPSA) is 68.3 Å². The first-order valence-electron chi connectivity index (χ1n) is 7.82. The summed E-state index contributed by atoms with van der Waals surface area (Å²) in [5.41, 5.74) is 1.57. The summed E-state index contributed by atoms with van der Waals surface area (Å²) in [4.78, 5) is 28.9. The van der Waals surface area contributed by atoms with Crippen LogP contribution >= 0.6 is 22.7 Å². The van der Waals surface area contributed by atoms with Crippen molar-refractivity contribution >= 4 is 39.7 Å². The highest BCUT2D eigenvalue weighted by Crippen LogP contribution is 2.26. The third-order valence-corrected chi connectivity index (χ3v) is 5.40. The quantitative estimate of drug-likeness (QED) is 0.625. The van der Waals surface area contributed by atoms with Gasteiger partial charge in [-0.3, -0.25) is 10.1 Å². The molecule has 0 aliphatic rings. The minimum atomic E-state index is -1.02. The molecule has 5 nitrogen and oxygen atoms in total. The largest absolute Gasteiger partial charge is 0.448 e. The molecule has 0 unspecified atom stereocenters. The zero-order valence-corrected chi connectivity index (χ0v) is 15.9. The van der Waals surface area contributed by atoms with Gasteiger partial charge in [-0.05, 0) is 49.1 Å². The number of rotatable bonds is 5. The van der Waals surface area contributed by atoms with Gasteiger partial charge in [0.05, 0.1) is 5.69 Å². The molecule has 1 amide bonds. The van der Waals surface area contributed by atoms with E-state index >= 15 is 0 Å². The van der Waals surface area contributed by atoms with Gasteiger partial charge in [0.15, 0.2) is 22.9 Å². The van der Waals surface area contributed by atoms with Gasteiger partial charge in [0.25, 0.3) is 5.91 Å². The number of aromatic nitrogens is 1. The van der Waals surface area contributed by atoms with Crippen LogP contribution in [0.5, 0.6) is 0 Å². The van der Waals surface area contributed by atoms with Crippen LogP contribution in [0.25, 0.3) is 11.3 Å². The molecule has 27 heavy (non-hydrogen) atoms. The van der Waals surface area contributed by atoms with Gasteiger partial charge >= 0.3 is 5.97 Å². The van der Waals surface area contributed by atoms with E-state index in [1.54, 1.807) is 23.8 Å². The molecular formula is C18H14F2N2O3S2. The van der Waals surface area contributed by atoms with Crippen molar-refractivity contribution in [3.63, 3.8) is 0 Å². The van der Waals surface area contributed by atoms with Crippen LogP contribution in [0.2, 0.25) is 0 Å². The molecule has 0 aliphatic heterocycles. The second-order valence-corrected chi connectivity index (χ2v) is 7.41. The lowest BCUT2D eigenvalue weighted by Gasteiger charge is -2.12. The number of carbonyl (C=O) groups is 2. The van der Waals surface area contributed by atoms with E-state index in [1.165, 1.54) is 24.3 Å². The smallest absolute Gasteiger partial charge is 0.349 e. The van der Waals surface area contributed by atoms with Crippen LogP contribution in [-0.2, 0) is 9.53 Å². The fourth-order valence-corrected chi connectivity index (χ4v) is 3.70. The van der Waals surface area contributed by atoms with Crippen molar-refractivity contribution in [2.75, 3.05) is 5.32 Å². The highest BCUT2D eigenvalue weighted by Gasteiger charge is 2.22. The molecule has 2 aromatic heterocycles. The van der Waals surface area contributed by atoms with E-state index in [4.69, 9.17) is 4.74 Å². The summed E-state index contributed by atoms with van der Waals surface area (Å²) in [5.74, 6) is -3.02. The molecule has 2 heterocycles. The van der Waals surface area contributed by atoms with E-state index in [0.29, 0.717) is 16.1 Å². The van der Waals surface area contributed by atoms with E-state index in [2.05, 4.69) is 10.3 Å². The fourth-order valence-electron chi connectivity index (χ4n) is 2.18. The average molecular weight is 408 g/mol. The minimum absolute atomic E-state index is 0.259. The molecule has 0 fully saturated rings. The maximum Gasteiger partial charge on any atom is 0.349 e. The number of nitrogens with zero attached hydrogens (tertiary/aromatic N) is 1. The van der Waals surface area contributed by atoms with Crippen molar-refractivity contribution < 1.29 is 23.1 Å². The normalized spacial score (nSPS) is 11.9. The van der Waals surface area contributed by atoms with Crippen molar-refractivity contribution in [1.29, 1.82) is 0 Å². The minimum Gasteiger partial charge on any atom is -0.448 e. The maximum absolute atomic E-state index is 13.3. The van der Waals surface area contributed by atoms with Gasteiger partial charge in [-0.1, -0.05) is 0 Å². The molecule has 1 aromatic carbocycles. The zero-order chi connectivity index (χ0) is 19.6. The number of esters is 1. The van der Waals surface area contributed by atoms with Crippen LogP contribution in [0.3, 0.4) is 0 Å². The predicted molar refractivity (Wildman–Crippen MR) is 100 cm³/mol. The van der Waals surface area contributed by atoms with E-state index in [0.717, 1.165) is 29.0 Å². The Morgan fingerprint density at radius 3 is 2.63 bits per heavy atom. The second kappa shape index (κ2) is 7.93. The third kappa shape index (κ3) is 4.37. The molecule has 9 heteroatoms. The lowest BCUT2D eigenvalue weighted by atomic mass is 10.2. The van der Waals surface area contributed by atoms with Crippen LogP contribution < -0.4 is 5.32 Å². The molecule has 3 aromatic rings. The summed E-state index contributed by atoms with van der Waals surface area (Å²) < 4.78 is 31.5. The number of thiazole rings is 1. The van der Waals surface area contributed by atoms with Gasteiger partial charge in [-0.25, -0.2) is 18.6 Å². The molecule has 3 rings (SSSR count). The Labute approximate surface area is 161 Å². The van der Waals surface area contributed by atoms with Crippen molar-refractivity contribution in [3.8, 4) is 11.3 Å². The SMILES string of the molecule is Cc1ccsc1C(=O)O[C@H](C)C(=O)Nc1nc(-c2ccc(F)c(F)c2)cs1. The number of ether oxygens (including phenoxy) is 1. The second-order valence-electron chi connectivity index (χ2n) is 5.64. The summed E-state index contributed by atoms with van der Waals surface area (Å²) in [6.45, 7) is 3.24. The van der Waals surface area contributed by atoms with Crippen LogP contribution in [0.1, 0.15) is 22.2 Å². The number of thiophene rings is 1. The highest BCUT2D eigenvalue weighted by atomic mass is 32.1. The van der Waals surface area contributed by atoms with E-state index < -0.39 is 29.6 Å². The number of carbonyl (C=O) groups excluding carboxylic acids is 2. The molecule has 0 saturated heterocycles. The van der Waals surface area contributed by atoms with Crippen molar-refractivity contribution in [2.45, 2.75) is 20.0 Å². The van der Waals surface area contributed by atoms with Crippen molar-refractivity contribution in [2.24, 2.45) is 0 Å². The van der Waals surface area contributed by atoms with Gasteiger partial charge in [0.2, 0.25) is 0 Å². The lowest BCUT2D eigenvalue weighted by molar-refractivity contribution is -0.123. The number of hydrogen-bond acceptors (Lipinski definition) is 6. The van der Waals surface area contributed by atoms with Crippen molar-refractivity contribution in [3.05, 3.63) is 57.1 Å². The Balaban J connectivity index is 1.64. The predicted octanol–water partition coefficient (Wildman–Crippen LogP) is 4.64. The van der Waals surface area contributed by atoms with Gasteiger partial charge in [0, 0.05) is 10.9 Å². The van der Waals surface area contributed by atoms with Crippen LogP contribution in [0.4, 0.5) is 13.9 Å². The average Bonchev–Trinajstić information content (AvgIpc) is 3.26. The Bertz CT molecular complexity index is 1000. The van der Waals surface area contributed by atoms with Gasteiger partial charge in [0.1, 0.15) is 4.88 Å². The molecule has 0 radical (unpaired) electrons. The molecule has 0 saturated carbocycles. The summed E-state index contributed by atoms with van der Waals surface area (Å²) >= 11 is 2.37. The van der Waals surface area contributed by atoms with Gasteiger partial charge in [-0.15, -0.1) is 22.7 Å². The van der Waals surface area contributed by atoms with Crippen LogP contribution in [0.15, 0.2) is 35.0 Å². The number of anilines is 1. The number of hydrogen-bond donors (Lipinski definition) is 1. The fraction of sp³-hybridized carbons (Fsp3) is 0.167. The monoisotopic (exact) mass is 408 g/mol. The number of amides is 1. The molecule has 0 aliphatic carbocycles. The number of benzene rings is 1. The Hall–Kier alpha value is -2.65. The summed E-state index contributed by atoms with van der Waals surface area (Å²) in [5, 5.41) is 6.18. The van der Waals surface area contributed by atoms with Crippen molar-refractivity contribution in [1.82, 2.24) is 4.98 Å². The maximum atomic E-state index is 13.3. The first-order valence-corrected chi connectivity index (χ1v) is 9.58. The van der Waals surface area contributed by atoms with E-state index in [9.17, 15) is 18.4 Å². The van der Waals surface area contributed by atoms with Crippen LogP contribution in [0, 0.1) is 18.6 Å². The number of nitrogens with one attached hydrogen (secondary N) is 1. The standard InChI is InChI=1S/C18H14F2N2O3S2/c1-9-5-6-26-15(9)17(24)25-10(2)16(23)22-18-21-14(8-27-18)11-3-4-12(19)13(20)7-11/h3-8,10H,1-2H3,(H,21,22,23)/t10-/m1/s1.